The second-order valence-corrected chi connectivity index (χ2v) is 14.1. The molecule has 0 unspecified atom stereocenters. The molecule has 53 heavy (non-hydrogen) atoms. The SMILES string of the molecule is CC1(C)c2ccccc2C(c2ccc(N(c3ccccc3)c3ccccc3)cc2)(c2nc(-c3ccccc3)nc(-c3ccccc3)n2)c2ccccc21. The van der Waals surface area contributed by atoms with E-state index in [9.17, 15) is 0 Å². The lowest BCUT2D eigenvalue weighted by molar-refractivity contribution is 0.543. The van der Waals surface area contributed by atoms with Crippen molar-refractivity contribution in [3.63, 3.8) is 0 Å². The van der Waals surface area contributed by atoms with Gasteiger partial charge in [0.1, 0.15) is 5.41 Å². The Balaban J connectivity index is 1.35. The number of anilines is 3. The zero-order valence-corrected chi connectivity index (χ0v) is 29.8. The molecule has 0 atom stereocenters. The van der Waals surface area contributed by atoms with Gasteiger partial charge in [0.05, 0.1) is 0 Å². The maximum Gasteiger partial charge on any atom is 0.163 e. The van der Waals surface area contributed by atoms with Crippen LogP contribution >= 0.6 is 0 Å². The van der Waals surface area contributed by atoms with E-state index in [2.05, 4.69) is 176 Å². The van der Waals surface area contributed by atoms with Gasteiger partial charge in [0, 0.05) is 33.6 Å². The second-order valence-electron chi connectivity index (χ2n) is 14.1. The summed E-state index contributed by atoms with van der Waals surface area (Å²) in [5.74, 6) is 1.98. The summed E-state index contributed by atoms with van der Waals surface area (Å²) >= 11 is 0. The number of rotatable bonds is 7. The molecule has 0 saturated carbocycles. The largest absolute Gasteiger partial charge is 0.311 e. The summed E-state index contributed by atoms with van der Waals surface area (Å²) in [4.78, 5) is 18.3. The summed E-state index contributed by atoms with van der Waals surface area (Å²) in [6, 6.07) is 68.3. The van der Waals surface area contributed by atoms with Crippen molar-refractivity contribution in [2.75, 3.05) is 4.90 Å². The summed E-state index contributed by atoms with van der Waals surface area (Å²) < 4.78 is 0. The molecule has 8 aromatic rings. The molecule has 1 aromatic heterocycles. The van der Waals surface area contributed by atoms with Gasteiger partial charge in [-0.3, -0.25) is 0 Å². The molecule has 0 bridgehead atoms. The van der Waals surface area contributed by atoms with Gasteiger partial charge in [-0.2, -0.15) is 0 Å². The smallest absolute Gasteiger partial charge is 0.163 e. The third-order valence-corrected chi connectivity index (χ3v) is 10.6. The highest BCUT2D eigenvalue weighted by molar-refractivity contribution is 5.77. The first-order valence-electron chi connectivity index (χ1n) is 18.1. The number of para-hydroxylation sites is 2. The number of fused-ring (bicyclic) bond motifs is 2. The van der Waals surface area contributed by atoms with Crippen LogP contribution in [0.1, 0.15) is 47.5 Å². The Kier molecular flexibility index (Phi) is 8.01. The molecule has 4 heteroatoms. The van der Waals surface area contributed by atoms with Crippen LogP contribution in [0.25, 0.3) is 22.8 Å². The van der Waals surface area contributed by atoms with Gasteiger partial charge in [-0.1, -0.05) is 172 Å². The number of aromatic nitrogens is 3. The number of benzene rings is 7. The molecule has 4 nitrogen and oxygen atoms in total. The minimum atomic E-state index is -0.860. The summed E-state index contributed by atoms with van der Waals surface area (Å²) in [6.45, 7) is 4.65. The molecule has 7 aromatic carbocycles. The van der Waals surface area contributed by atoms with Crippen LogP contribution in [-0.4, -0.2) is 15.0 Å². The molecule has 0 amide bonds. The molecule has 0 N–H and O–H groups in total. The lowest BCUT2D eigenvalue weighted by Crippen LogP contribution is -2.43. The first-order chi connectivity index (χ1) is 26.0. The van der Waals surface area contributed by atoms with Crippen molar-refractivity contribution in [1.29, 1.82) is 0 Å². The fourth-order valence-corrected chi connectivity index (χ4v) is 8.12. The van der Waals surface area contributed by atoms with E-state index in [0.29, 0.717) is 17.5 Å². The maximum atomic E-state index is 5.47. The molecule has 0 radical (unpaired) electrons. The number of hydrogen-bond acceptors (Lipinski definition) is 4. The van der Waals surface area contributed by atoms with Gasteiger partial charge in [0.25, 0.3) is 0 Å². The predicted molar refractivity (Wildman–Crippen MR) is 216 cm³/mol. The zero-order chi connectivity index (χ0) is 35.8. The standard InChI is InChI=1S/C49H38N4/c1-48(2)41-27-15-17-29-43(41)49(44-30-18-16-28-42(44)48,47-51-45(35-19-7-3-8-20-35)50-46(52-47)36-21-9-4-10-22-36)37-31-33-40(34-32-37)53(38-23-11-5-12-24-38)39-25-13-6-14-26-39/h3-34H,1-2H3. The lowest BCUT2D eigenvalue weighted by Gasteiger charge is -2.46. The first-order valence-corrected chi connectivity index (χ1v) is 18.1. The van der Waals surface area contributed by atoms with E-state index in [4.69, 9.17) is 15.0 Å². The van der Waals surface area contributed by atoms with Crippen molar-refractivity contribution in [1.82, 2.24) is 15.0 Å². The van der Waals surface area contributed by atoms with E-state index in [1.807, 2.05) is 36.4 Å². The molecule has 9 rings (SSSR count). The van der Waals surface area contributed by atoms with Crippen LogP contribution in [0.5, 0.6) is 0 Å². The van der Waals surface area contributed by atoms with E-state index in [-0.39, 0.29) is 5.41 Å². The molecule has 0 spiro atoms. The van der Waals surface area contributed by atoms with Gasteiger partial charge in [-0.15, -0.1) is 0 Å². The average Bonchev–Trinajstić information content (AvgIpc) is 3.23. The van der Waals surface area contributed by atoms with Gasteiger partial charge in [-0.25, -0.2) is 15.0 Å². The van der Waals surface area contributed by atoms with Gasteiger partial charge in [0.15, 0.2) is 17.5 Å². The first kappa shape index (κ1) is 32.3. The summed E-state index contributed by atoms with van der Waals surface area (Å²) in [5.41, 5.74) is 9.94. The summed E-state index contributed by atoms with van der Waals surface area (Å²) in [5, 5.41) is 0. The lowest BCUT2D eigenvalue weighted by atomic mass is 9.56. The van der Waals surface area contributed by atoms with Crippen molar-refractivity contribution < 1.29 is 0 Å². The molecule has 1 aliphatic carbocycles. The highest BCUT2D eigenvalue weighted by atomic mass is 15.1. The minimum Gasteiger partial charge on any atom is -0.311 e. The summed E-state index contributed by atoms with van der Waals surface area (Å²) in [7, 11) is 0. The van der Waals surface area contributed by atoms with Crippen molar-refractivity contribution in [2.24, 2.45) is 0 Å². The van der Waals surface area contributed by atoms with Gasteiger partial charge >= 0.3 is 0 Å². The molecular weight excluding hydrogens is 645 g/mol. The molecule has 1 aliphatic rings. The Morgan fingerprint density at radius 2 is 0.717 bits per heavy atom. The van der Waals surface area contributed by atoms with Crippen LogP contribution in [0.15, 0.2) is 194 Å². The molecular formula is C49H38N4. The van der Waals surface area contributed by atoms with Gasteiger partial charge in [-0.05, 0) is 64.2 Å². The topological polar surface area (TPSA) is 41.9 Å². The monoisotopic (exact) mass is 682 g/mol. The fraction of sp³-hybridized carbons (Fsp3) is 0.0816. The minimum absolute atomic E-state index is 0.258. The van der Waals surface area contributed by atoms with Crippen LogP contribution in [0.4, 0.5) is 17.1 Å². The zero-order valence-electron chi connectivity index (χ0n) is 29.8. The van der Waals surface area contributed by atoms with E-state index in [0.717, 1.165) is 33.8 Å². The van der Waals surface area contributed by atoms with Crippen LogP contribution in [0.2, 0.25) is 0 Å². The number of nitrogens with zero attached hydrogens (tertiary/aromatic N) is 4. The maximum absolute atomic E-state index is 5.47. The Hall–Kier alpha value is -6.65. The number of hydrogen-bond donors (Lipinski definition) is 0. The third-order valence-electron chi connectivity index (χ3n) is 10.6. The molecule has 0 aliphatic heterocycles. The van der Waals surface area contributed by atoms with Crippen molar-refractivity contribution in [2.45, 2.75) is 24.7 Å². The van der Waals surface area contributed by atoms with Crippen molar-refractivity contribution in [3.8, 4) is 22.8 Å². The van der Waals surface area contributed by atoms with Crippen LogP contribution in [0, 0.1) is 0 Å². The second kappa shape index (κ2) is 13.2. The highest BCUT2D eigenvalue weighted by Crippen LogP contribution is 2.55. The highest BCUT2D eigenvalue weighted by Gasteiger charge is 2.51. The Bertz CT molecular complexity index is 2370. The van der Waals surface area contributed by atoms with Gasteiger partial charge in [0.2, 0.25) is 0 Å². The van der Waals surface area contributed by atoms with Crippen LogP contribution in [0.3, 0.4) is 0 Å². The Labute approximate surface area is 311 Å². The molecule has 1 heterocycles. The Morgan fingerprint density at radius 3 is 1.15 bits per heavy atom. The molecule has 0 saturated heterocycles. The normalized spacial score (nSPS) is 13.8. The van der Waals surface area contributed by atoms with E-state index < -0.39 is 5.41 Å². The molecule has 0 fully saturated rings. The van der Waals surface area contributed by atoms with Crippen LogP contribution in [-0.2, 0) is 10.8 Å². The van der Waals surface area contributed by atoms with Crippen molar-refractivity contribution in [3.05, 3.63) is 228 Å². The third kappa shape index (κ3) is 5.42. The van der Waals surface area contributed by atoms with E-state index in [1.54, 1.807) is 0 Å². The molecule has 254 valence electrons. The van der Waals surface area contributed by atoms with E-state index in [1.165, 1.54) is 22.3 Å². The Morgan fingerprint density at radius 1 is 0.358 bits per heavy atom. The van der Waals surface area contributed by atoms with Crippen molar-refractivity contribution >= 4 is 17.1 Å². The quantitative estimate of drug-likeness (QED) is 0.168. The van der Waals surface area contributed by atoms with Crippen LogP contribution < -0.4 is 4.90 Å². The fourth-order valence-electron chi connectivity index (χ4n) is 8.12. The summed E-state index contributed by atoms with van der Waals surface area (Å²) in [6.07, 6.45) is 0. The van der Waals surface area contributed by atoms with Gasteiger partial charge < -0.3 is 4.90 Å². The average molecular weight is 683 g/mol. The predicted octanol–water partition coefficient (Wildman–Crippen LogP) is 11.7. The van der Waals surface area contributed by atoms with E-state index >= 15 is 0 Å².